The fourth-order valence-corrected chi connectivity index (χ4v) is 4.64. The molecule has 0 spiro atoms. The van der Waals surface area contributed by atoms with E-state index >= 15 is 0 Å². The predicted molar refractivity (Wildman–Crippen MR) is 125 cm³/mol. The summed E-state index contributed by atoms with van der Waals surface area (Å²) in [5.41, 5.74) is 5.77. The highest BCUT2D eigenvalue weighted by atomic mass is 32.2. The molecular weight excluding hydrogens is 391 g/mol. The van der Waals surface area contributed by atoms with Gasteiger partial charge in [-0.15, -0.1) is 0 Å². The minimum atomic E-state index is -0.175. The van der Waals surface area contributed by atoms with Gasteiger partial charge in [-0.1, -0.05) is 48.9 Å². The van der Waals surface area contributed by atoms with Crippen molar-refractivity contribution < 1.29 is 4.39 Å². The maximum Gasteiger partial charge on any atom is 0.147 e. The molecule has 3 aromatic rings. The van der Waals surface area contributed by atoms with Gasteiger partial charge in [0.05, 0.1) is 5.69 Å². The van der Waals surface area contributed by atoms with Gasteiger partial charge in [0.1, 0.15) is 5.82 Å². The van der Waals surface area contributed by atoms with Crippen LogP contribution in [0.4, 0.5) is 10.1 Å². The predicted octanol–water partition coefficient (Wildman–Crippen LogP) is 6.55. The number of aryl methyl sites for hydroxylation is 2. The molecule has 0 fully saturated rings. The lowest BCUT2D eigenvalue weighted by Crippen LogP contribution is -2.23. The van der Waals surface area contributed by atoms with Crippen LogP contribution in [0.2, 0.25) is 0 Å². The molecular formula is C26H29FN2S. The Kier molecular flexibility index (Phi) is 7.44. The van der Waals surface area contributed by atoms with E-state index < -0.39 is 0 Å². The van der Waals surface area contributed by atoms with Gasteiger partial charge in [0.25, 0.3) is 0 Å². The molecule has 0 atom stereocenters. The van der Waals surface area contributed by atoms with Gasteiger partial charge in [0.15, 0.2) is 0 Å². The fourth-order valence-electron chi connectivity index (χ4n) is 3.91. The van der Waals surface area contributed by atoms with Crippen molar-refractivity contribution >= 4 is 17.6 Å². The average Bonchev–Trinajstić information content (AvgIpc) is 2.79. The SMILES string of the molecule is Fc1cc(CCCCCc2ccccc2)ccc1NSc1ccc2c(c1)CCNC2. The van der Waals surface area contributed by atoms with E-state index in [4.69, 9.17) is 0 Å². The highest BCUT2D eigenvalue weighted by molar-refractivity contribution is 8.00. The van der Waals surface area contributed by atoms with Crippen LogP contribution in [0, 0.1) is 5.82 Å². The summed E-state index contributed by atoms with van der Waals surface area (Å²) in [5.74, 6) is -0.175. The molecule has 0 radical (unpaired) electrons. The Hall–Kier alpha value is -2.30. The van der Waals surface area contributed by atoms with Crippen molar-refractivity contribution in [2.24, 2.45) is 0 Å². The molecule has 156 valence electrons. The topological polar surface area (TPSA) is 24.1 Å². The Labute approximate surface area is 183 Å². The van der Waals surface area contributed by atoms with Crippen molar-refractivity contribution in [1.29, 1.82) is 0 Å². The quantitative estimate of drug-likeness (QED) is 0.303. The van der Waals surface area contributed by atoms with Gasteiger partial charge < -0.3 is 10.0 Å². The van der Waals surface area contributed by atoms with Crippen molar-refractivity contribution in [3.63, 3.8) is 0 Å². The fraction of sp³-hybridized carbons (Fsp3) is 0.308. The lowest BCUT2D eigenvalue weighted by molar-refractivity contribution is 0.626. The Morgan fingerprint density at radius 3 is 2.50 bits per heavy atom. The summed E-state index contributed by atoms with van der Waals surface area (Å²) in [4.78, 5) is 1.12. The zero-order chi connectivity index (χ0) is 20.6. The standard InChI is InChI=1S/C26H29FN2S/c27-25-17-21(10-6-2-5-9-20-7-3-1-4-8-20)11-14-26(25)29-30-24-13-12-23-19-28-16-15-22(23)18-24/h1,3-4,7-8,11-14,17-18,28-29H,2,5-6,9-10,15-16,19H2. The first kappa shape index (κ1) is 21.0. The summed E-state index contributed by atoms with van der Waals surface area (Å²) < 4.78 is 17.7. The first-order chi connectivity index (χ1) is 14.8. The maximum atomic E-state index is 14.5. The Morgan fingerprint density at radius 1 is 0.833 bits per heavy atom. The molecule has 0 amide bonds. The Morgan fingerprint density at radius 2 is 1.67 bits per heavy atom. The minimum Gasteiger partial charge on any atom is -0.323 e. The highest BCUT2D eigenvalue weighted by Crippen LogP contribution is 2.27. The van der Waals surface area contributed by atoms with Gasteiger partial charge in [-0.3, -0.25) is 0 Å². The summed E-state index contributed by atoms with van der Waals surface area (Å²) in [7, 11) is 0. The van der Waals surface area contributed by atoms with Gasteiger partial charge in [0, 0.05) is 11.4 Å². The molecule has 4 heteroatoms. The van der Waals surface area contributed by atoms with Crippen LogP contribution in [0.3, 0.4) is 0 Å². The molecule has 0 aromatic heterocycles. The zero-order valence-corrected chi connectivity index (χ0v) is 18.1. The minimum absolute atomic E-state index is 0.175. The first-order valence-electron chi connectivity index (χ1n) is 10.9. The van der Waals surface area contributed by atoms with Crippen molar-refractivity contribution in [3.05, 3.63) is 94.8 Å². The normalized spacial score (nSPS) is 13.1. The monoisotopic (exact) mass is 420 g/mol. The summed E-state index contributed by atoms with van der Waals surface area (Å²) in [6.07, 6.45) is 6.54. The number of hydrogen-bond donors (Lipinski definition) is 2. The van der Waals surface area contributed by atoms with E-state index in [9.17, 15) is 4.39 Å². The third kappa shape index (κ3) is 5.87. The lowest BCUT2D eigenvalue weighted by Gasteiger charge is -2.17. The van der Waals surface area contributed by atoms with E-state index in [1.807, 2.05) is 12.1 Å². The molecule has 2 nitrogen and oxygen atoms in total. The number of benzene rings is 3. The average molecular weight is 421 g/mol. The molecule has 4 rings (SSSR count). The van der Waals surface area contributed by atoms with Gasteiger partial charge in [0.2, 0.25) is 0 Å². The Balaban J connectivity index is 1.23. The van der Waals surface area contributed by atoms with E-state index in [0.717, 1.165) is 49.2 Å². The van der Waals surface area contributed by atoms with Crippen molar-refractivity contribution in [2.75, 3.05) is 11.3 Å². The van der Waals surface area contributed by atoms with Crippen LogP contribution < -0.4 is 10.0 Å². The first-order valence-corrected chi connectivity index (χ1v) is 11.7. The summed E-state index contributed by atoms with van der Waals surface area (Å²) in [5, 5.41) is 3.39. The molecule has 30 heavy (non-hydrogen) atoms. The Bertz CT molecular complexity index is 959. The number of rotatable bonds is 9. The number of fused-ring (bicyclic) bond motifs is 1. The molecule has 1 aliphatic rings. The second-order valence-corrected chi connectivity index (χ2v) is 8.80. The van der Waals surface area contributed by atoms with Crippen LogP contribution in [0.15, 0.2) is 71.6 Å². The molecule has 0 bridgehead atoms. The van der Waals surface area contributed by atoms with Crippen molar-refractivity contribution in [1.82, 2.24) is 5.32 Å². The summed E-state index contributed by atoms with van der Waals surface area (Å²) in [6, 6.07) is 22.7. The van der Waals surface area contributed by atoms with E-state index in [-0.39, 0.29) is 5.82 Å². The highest BCUT2D eigenvalue weighted by Gasteiger charge is 2.10. The number of halogens is 1. The summed E-state index contributed by atoms with van der Waals surface area (Å²) in [6.45, 7) is 1.97. The summed E-state index contributed by atoms with van der Waals surface area (Å²) >= 11 is 1.48. The molecule has 0 saturated carbocycles. The maximum absolute atomic E-state index is 14.5. The van der Waals surface area contributed by atoms with Crippen molar-refractivity contribution in [2.45, 2.75) is 50.0 Å². The number of hydrogen-bond acceptors (Lipinski definition) is 3. The van der Waals surface area contributed by atoms with Crippen LogP contribution in [-0.2, 0) is 25.8 Å². The zero-order valence-electron chi connectivity index (χ0n) is 17.3. The van der Waals surface area contributed by atoms with E-state index in [1.165, 1.54) is 41.5 Å². The van der Waals surface area contributed by atoms with Crippen LogP contribution in [0.1, 0.15) is 41.5 Å². The molecule has 0 unspecified atom stereocenters. The number of unbranched alkanes of at least 4 members (excludes halogenated alkanes) is 2. The molecule has 1 heterocycles. The second-order valence-electron chi connectivity index (χ2n) is 7.92. The largest absolute Gasteiger partial charge is 0.323 e. The van der Waals surface area contributed by atoms with Crippen LogP contribution >= 0.6 is 11.9 Å². The van der Waals surface area contributed by atoms with Gasteiger partial charge in [-0.2, -0.15) is 0 Å². The van der Waals surface area contributed by atoms with Crippen LogP contribution in [-0.4, -0.2) is 6.54 Å². The third-order valence-corrected chi connectivity index (χ3v) is 6.46. The second kappa shape index (κ2) is 10.6. The van der Waals surface area contributed by atoms with Crippen LogP contribution in [0.25, 0.3) is 0 Å². The smallest absolute Gasteiger partial charge is 0.147 e. The van der Waals surface area contributed by atoms with Crippen LogP contribution in [0.5, 0.6) is 0 Å². The molecule has 1 aliphatic heterocycles. The van der Waals surface area contributed by atoms with Gasteiger partial charge in [-0.05, 0) is 97.1 Å². The molecule has 3 aromatic carbocycles. The van der Waals surface area contributed by atoms with Gasteiger partial charge >= 0.3 is 0 Å². The van der Waals surface area contributed by atoms with E-state index in [2.05, 4.69) is 58.6 Å². The van der Waals surface area contributed by atoms with Crippen molar-refractivity contribution in [3.8, 4) is 0 Å². The lowest BCUT2D eigenvalue weighted by atomic mass is 10.0. The number of anilines is 1. The van der Waals surface area contributed by atoms with E-state index in [0.29, 0.717) is 5.69 Å². The molecule has 0 aliphatic carbocycles. The van der Waals surface area contributed by atoms with Gasteiger partial charge in [-0.25, -0.2) is 4.39 Å². The number of nitrogens with one attached hydrogen (secondary N) is 2. The van der Waals surface area contributed by atoms with E-state index in [1.54, 1.807) is 6.07 Å². The molecule has 0 saturated heterocycles. The third-order valence-electron chi connectivity index (χ3n) is 5.65. The molecule has 2 N–H and O–H groups in total.